The van der Waals surface area contributed by atoms with Crippen LogP contribution in [0.5, 0.6) is 5.75 Å². The van der Waals surface area contributed by atoms with Gasteiger partial charge >= 0.3 is 6.03 Å². The largest absolute Gasteiger partial charge is 0.494 e. The first-order valence-corrected chi connectivity index (χ1v) is 8.81. The van der Waals surface area contributed by atoms with Gasteiger partial charge in [-0.2, -0.15) is 11.8 Å². The summed E-state index contributed by atoms with van der Waals surface area (Å²) in [7, 11) is 0. The molecule has 0 radical (unpaired) electrons. The molecule has 0 aliphatic rings. The van der Waals surface area contributed by atoms with E-state index in [2.05, 4.69) is 38.3 Å². The van der Waals surface area contributed by atoms with Crippen LogP contribution in [-0.2, 0) is 0 Å². The molecule has 5 heteroatoms. The van der Waals surface area contributed by atoms with Crippen molar-refractivity contribution in [3.05, 3.63) is 24.3 Å². The van der Waals surface area contributed by atoms with E-state index in [-0.39, 0.29) is 10.8 Å². The van der Waals surface area contributed by atoms with Crippen LogP contribution >= 0.6 is 11.8 Å². The van der Waals surface area contributed by atoms with Crippen LogP contribution in [0.3, 0.4) is 0 Å². The van der Waals surface area contributed by atoms with Crippen molar-refractivity contribution in [2.24, 2.45) is 0 Å². The highest BCUT2D eigenvalue weighted by atomic mass is 32.2. The molecule has 0 bridgehead atoms. The van der Waals surface area contributed by atoms with Crippen LogP contribution in [0.2, 0.25) is 0 Å². The van der Waals surface area contributed by atoms with Crippen LogP contribution in [0.15, 0.2) is 24.3 Å². The second-order valence-corrected chi connectivity index (χ2v) is 7.99. The number of anilines is 1. The number of hydrogen-bond acceptors (Lipinski definition) is 3. The lowest BCUT2D eigenvalue weighted by atomic mass is 10.3. The zero-order chi connectivity index (χ0) is 16.4. The minimum absolute atomic E-state index is 0.172. The molecule has 0 unspecified atom stereocenters. The van der Waals surface area contributed by atoms with Crippen LogP contribution in [-0.4, -0.2) is 29.7 Å². The Balaban J connectivity index is 2.26. The third-order valence-electron chi connectivity index (χ3n) is 2.80. The maximum atomic E-state index is 11.8. The number of thioether (sulfide) groups is 1. The molecule has 1 rings (SSSR count). The molecule has 2 amide bonds. The Hall–Kier alpha value is -1.36. The molecule has 0 aliphatic heterocycles. The number of unbranched alkanes of at least 4 members (excludes halogenated alkanes) is 1. The number of amides is 2. The number of hydrogen-bond donors (Lipinski definition) is 2. The summed E-state index contributed by atoms with van der Waals surface area (Å²) in [5.74, 6) is 1.74. The van der Waals surface area contributed by atoms with Crippen molar-refractivity contribution in [3.63, 3.8) is 0 Å². The molecule has 0 saturated carbocycles. The van der Waals surface area contributed by atoms with Gasteiger partial charge in [0.25, 0.3) is 0 Å². The summed E-state index contributed by atoms with van der Waals surface area (Å²) in [4.78, 5) is 11.8. The summed E-state index contributed by atoms with van der Waals surface area (Å²) in [6.07, 6.45) is 2.17. The first-order chi connectivity index (χ1) is 10.4. The van der Waals surface area contributed by atoms with Crippen LogP contribution in [0.1, 0.15) is 40.5 Å². The molecule has 0 spiro atoms. The summed E-state index contributed by atoms with van der Waals surface area (Å²) in [5, 5.41) is 5.68. The van der Waals surface area contributed by atoms with Gasteiger partial charge in [0.15, 0.2) is 0 Å². The SMILES string of the molecule is CCCCOc1ccc(NC(=O)NCCSC(C)(C)C)cc1. The van der Waals surface area contributed by atoms with Gasteiger partial charge in [-0.15, -0.1) is 0 Å². The predicted octanol–water partition coefficient (Wildman–Crippen LogP) is 4.52. The van der Waals surface area contributed by atoms with E-state index in [4.69, 9.17) is 4.74 Å². The number of benzene rings is 1. The minimum atomic E-state index is -0.172. The molecule has 0 fully saturated rings. The highest BCUT2D eigenvalue weighted by Crippen LogP contribution is 2.22. The van der Waals surface area contributed by atoms with Gasteiger partial charge in [-0.05, 0) is 30.7 Å². The first kappa shape index (κ1) is 18.7. The molecule has 2 N–H and O–H groups in total. The molecule has 1 aromatic rings. The molecular formula is C17H28N2O2S. The Morgan fingerprint density at radius 1 is 1.23 bits per heavy atom. The lowest BCUT2D eigenvalue weighted by Gasteiger charge is -2.17. The van der Waals surface area contributed by atoms with Gasteiger partial charge in [0, 0.05) is 22.7 Å². The summed E-state index contributed by atoms with van der Waals surface area (Å²) in [6.45, 7) is 10.0. The quantitative estimate of drug-likeness (QED) is 0.691. The summed E-state index contributed by atoms with van der Waals surface area (Å²) in [5.41, 5.74) is 0.767. The molecular weight excluding hydrogens is 296 g/mol. The molecule has 4 nitrogen and oxygen atoms in total. The topological polar surface area (TPSA) is 50.4 Å². The predicted molar refractivity (Wildman–Crippen MR) is 96.1 cm³/mol. The Morgan fingerprint density at radius 2 is 1.91 bits per heavy atom. The van der Waals surface area contributed by atoms with E-state index in [1.54, 1.807) is 0 Å². The second kappa shape index (κ2) is 9.62. The summed E-state index contributed by atoms with van der Waals surface area (Å²) < 4.78 is 5.81. The van der Waals surface area contributed by atoms with Gasteiger partial charge in [-0.25, -0.2) is 4.79 Å². The molecule has 1 aromatic carbocycles. The molecule has 0 saturated heterocycles. The fourth-order valence-corrected chi connectivity index (χ4v) is 2.48. The monoisotopic (exact) mass is 324 g/mol. The number of nitrogens with one attached hydrogen (secondary N) is 2. The van der Waals surface area contributed by atoms with Gasteiger partial charge in [0.1, 0.15) is 5.75 Å². The van der Waals surface area contributed by atoms with E-state index >= 15 is 0 Å². The Bertz CT molecular complexity index is 441. The van der Waals surface area contributed by atoms with Gasteiger partial charge in [0.05, 0.1) is 6.61 Å². The van der Waals surface area contributed by atoms with E-state index in [1.807, 2.05) is 36.0 Å². The average molecular weight is 324 g/mol. The molecule has 0 aliphatic carbocycles. The van der Waals surface area contributed by atoms with Crippen LogP contribution in [0, 0.1) is 0 Å². The third-order valence-corrected chi connectivity index (χ3v) is 4.08. The van der Waals surface area contributed by atoms with E-state index in [1.165, 1.54) is 0 Å². The Kier molecular flexibility index (Phi) is 8.17. The maximum absolute atomic E-state index is 11.8. The lowest BCUT2D eigenvalue weighted by Crippen LogP contribution is -2.31. The molecule has 0 atom stereocenters. The summed E-state index contributed by atoms with van der Waals surface area (Å²) in [6, 6.07) is 7.28. The fraction of sp³-hybridized carbons (Fsp3) is 0.588. The standard InChI is InChI=1S/C17H28N2O2S/c1-5-6-12-21-15-9-7-14(8-10-15)19-16(20)18-11-13-22-17(2,3)4/h7-10H,5-6,11-13H2,1-4H3,(H2,18,19,20). The van der Waals surface area contributed by atoms with Gasteiger partial charge < -0.3 is 15.4 Å². The van der Waals surface area contributed by atoms with Crippen molar-refractivity contribution in [2.45, 2.75) is 45.3 Å². The Labute approximate surface area is 138 Å². The lowest BCUT2D eigenvalue weighted by molar-refractivity contribution is 0.252. The number of carbonyl (C=O) groups is 1. The Morgan fingerprint density at radius 3 is 2.50 bits per heavy atom. The van der Waals surface area contributed by atoms with Crippen LogP contribution in [0.25, 0.3) is 0 Å². The van der Waals surface area contributed by atoms with Gasteiger partial charge in [-0.1, -0.05) is 34.1 Å². The van der Waals surface area contributed by atoms with Crippen molar-refractivity contribution in [2.75, 3.05) is 24.2 Å². The number of ether oxygens (including phenoxy) is 1. The van der Waals surface area contributed by atoms with Crippen molar-refractivity contribution in [1.29, 1.82) is 0 Å². The first-order valence-electron chi connectivity index (χ1n) is 7.82. The van der Waals surface area contributed by atoms with Crippen molar-refractivity contribution >= 4 is 23.5 Å². The number of rotatable bonds is 8. The van der Waals surface area contributed by atoms with Crippen molar-refractivity contribution < 1.29 is 9.53 Å². The van der Waals surface area contributed by atoms with Crippen molar-refractivity contribution in [1.82, 2.24) is 5.32 Å². The minimum Gasteiger partial charge on any atom is -0.494 e. The average Bonchev–Trinajstić information content (AvgIpc) is 2.45. The van der Waals surface area contributed by atoms with E-state index < -0.39 is 0 Å². The summed E-state index contributed by atoms with van der Waals surface area (Å²) >= 11 is 1.83. The molecule has 0 heterocycles. The van der Waals surface area contributed by atoms with E-state index in [0.29, 0.717) is 6.54 Å². The zero-order valence-electron chi connectivity index (χ0n) is 14.1. The fourth-order valence-electron chi connectivity index (χ4n) is 1.67. The maximum Gasteiger partial charge on any atom is 0.319 e. The third kappa shape index (κ3) is 8.82. The molecule has 124 valence electrons. The molecule has 0 aromatic heterocycles. The number of carbonyl (C=O) groups excluding carboxylic acids is 1. The zero-order valence-corrected chi connectivity index (χ0v) is 14.9. The van der Waals surface area contributed by atoms with Crippen LogP contribution in [0.4, 0.5) is 10.5 Å². The number of urea groups is 1. The van der Waals surface area contributed by atoms with Crippen LogP contribution < -0.4 is 15.4 Å². The van der Waals surface area contributed by atoms with E-state index in [9.17, 15) is 4.79 Å². The van der Waals surface area contributed by atoms with Crippen molar-refractivity contribution in [3.8, 4) is 5.75 Å². The normalized spacial score (nSPS) is 11.1. The highest BCUT2D eigenvalue weighted by Gasteiger charge is 2.10. The highest BCUT2D eigenvalue weighted by molar-refractivity contribution is 8.00. The second-order valence-electron chi connectivity index (χ2n) is 6.07. The van der Waals surface area contributed by atoms with Gasteiger partial charge in [-0.3, -0.25) is 0 Å². The smallest absolute Gasteiger partial charge is 0.319 e. The van der Waals surface area contributed by atoms with E-state index in [0.717, 1.165) is 36.6 Å². The molecule has 22 heavy (non-hydrogen) atoms. The van der Waals surface area contributed by atoms with Gasteiger partial charge in [0.2, 0.25) is 0 Å².